The highest BCUT2D eigenvalue weighted by atomic mass is 19.4. The van der Waals surface area contributed by atoms with Gasteiger partial charge >= 0.3 is 24.3 Å². The number of carbonyl (C=O) groups is 3. The Morgan fingerprint density at radius 3 is 2.02 bits per heavy atom. The van der Waals surface area contributed by atoms with E-state index in [1.807, 2.05) is 0 Å². The number of likely N-dealkylation sites (tertiary alicyclic amines) is 1. The van der Waals surface area contributed by atoms with Crippen LogP contribution < -0.4 is 5.32 Å². The smallest absolute Gasteiger partial charge is 0.449 e. The number of halogens is 6. The molecule has 3 N–H and O–H groups in total. The number of nitrogens with zero attached hydrogens (tertiary/aromatic N) is 3. The van der Waals surface area contributed by atoms with Crippen LogP contribution in [-0.4, -0.2) is 62.1 Å². The molecular weight excluding hydrogens is 550 g/mol. The summed E-state index contributed by atoms with van der Waals surface area (Å²) in [6.07, 6.45) is -8.06. The van der Waals surface area contributed by atoms with Gasteiger partial charge in [-0.05, 0) is 56.1 Å². The van der Waals surface area contributed by atoms with Gasteiger partial charge < -0.3 is 20.1 Å². The molecule has 15 heteroatoms. The van der Waals surface area contributed by atoms with E-state index in [1.165, 1.54) is 22.8 Å². The lowest BCUT2D eigenvalue weighted by Gasteiger charge is -2.32. The van der Waals surface area contributed by atoms with Crippen LogP contribution in [0.15, 0.2) is 48.5 Å². The molecule has 0 unspecified atom stereocenters. The van der Waals surface area contributed by atoms with E-state index in [0.717, 1.165) is 6.07 Å². The molecule has 1 aromatic heterocycles. The SMILES string of the molecule is O=C(CN1CCC(Cn2c(C(F)(F)F)nc3ccccc32)CC1)Nc1ccccc1C(F)(F)F.O=C(O)C(=O)O. The molecule has 1 aliphatic heterocycles. The number of para-hydroxylation sites is 3. The number of piperidine rings is 1. The highest BCUT2D eigenvalue weighted by molar-refractivity contribution is 6.27. The molecule has 9 nitrogen and oxygen atoms in total. The third-order valence-corrected chi connectivity index (χ3v) is 6.11. The third-order valence-electron chi connectivity index (χ3n) is 6.11. The molecule has 2 aromatic carbocycles. The highest BCUT2D eigenvalue weighted by Gasteiger charge is 2.38. The second-order valence-electron chi connectivity index (χ2n) is 8.95. The first kappa shape index (κ1) is 30.4. The Kier molecular flexibility index (Phi) is 9.40. The first-order valence-corrected chi connectivity index (χ1v) is 11.8. The van der Waals surface area contributed by atoms with Gasteiger partial charge in [-0.2, -0.15) is 26.3 Å². The van der Waals surface area contributed by atoms with Crippen LogP contribution in [0.1, 0.15) is 24.2 Å². The summed E-state index contributed by atoms with van der Waals surface area (Å²) in [4.78, 5) is 36.1. The molecule has 0 aliphatic carbocycles. The van der Waals surface area contributed by atoms with Gasteiger partial charge in [0.2, 0.25) is 11.7 Å². The Labute approximate surface area is 223 Å². The molecule has 0 atom stereocenters. The number of aromatic nitrogens is 2. The zero-order valence-electron chi connectivity index (χ0n) is 20.7. The molecule has 1 aliphatic rings. The van der Waals surface area contributed by atoms with Crippen LogP contribution in [0.2, 0.25) is 0 Å². The number of imidazole rings is 1. The van der Waals surface area contributed by atoms with Gasteiger partial charge in [0.1, 0.15) is 0 Å². The number of hydrogen-bond donors (Lipinski definition) is 3. The maximum atomic E-state index is 13.5. The summed E-state index contributed by atoms with van der Waals surface area (Å²) in [7, 11) is 0. The summed E-state index contributed by atoms with van der Waals surface area (Å²) in [5.74, 6) is -5.21. The normalized spacial score (nSPS) is 14.8. The van der Waals surface area contributed by atoms with Crippen LogP contribution in [0, 0.1) is 5.92 Å². The summed E-state index contributed by atoms with van der Waals surface area (Å²) in [5, 5.41) is 17.1. The van der Waals surface area contributed by atoms with E-state index in [1.54, 1.807) is 29.2 Å². The lowest BCUT2D eigenvalue weighted by Crippen LogP contribution is -2.40. The molecular formula is C25H24F6N4O5. The highest BCUT2D eigenvalue weighted by Crippen LogP contribution is 2.35. The van der Waals surface area contributed by atoms with Gasteiger partial charge in [-0.1, -0.05) is 24.3 Å². The van der Waals surface area contributed by atoms with Crippen molar-refractivity contribution < 1.29 is 50.9 Å². The number of amides is 1. The number of nitrogens with one attached hydrogen (secondary N) is 1. The van der Waals surface area contributed by atoms with E-state index < -0.39 is 41.6 Å². The van der Waals surface area contributed by atoms with E-state index >= 15 is 0 Å². The maximum absolute atomic E-state index is 13.5. The Morgan fingerprint density at radius 2 is 1.45 bits per heavy atom. The second-order valence-corrected chi connectivity index (χ2v) is 8.95. The summed E-state index contributed by atoms with van der Waals surface area (Å²) < 4.78 is 81.1. The maximum Gasteiger partial charge on any atom is 0.449 e. The van der Waals surface area contributed by atoms with Crippen LogP contribution >= 0.6 is 0 Å². The number of rotatable bonds is 5. The molecule has 0 spiro atoms. The minimum Gasteiger partial charge on any atom is -0.473 e. The summed E-state index contributed by atoms with van der Waals surface area (Å²) in [6.45, 7) is 0.953. The van der Waals surface area contributed by atoms with Crippen LogP contribution in [0.3, 0.4) is 0 Å². The number of alkyl halides is 6. The quantitative estimate of drug-likeness (QED) is 0.301. The number of aliphatic carboxylic acids is 2. The molecule has 4 rings (SSSR count). The number of fused-ring (bicyclic) bond motifs is 1. The number of anilines is 1. The van der Waals surface area contributed by atoms with E-state index in [-0.39, 0.29) is 30.2 Å². The molecule has 2 heterocycles. The summed E-state index contributed by atoms with van der Waals surface area (Å²) in [5.41, 5.74) is -0.528. The standard InChI is InChI=1S/C23H22F6N4O.C2H2O4/c24-22(25,26)16-5-1-2-6-17(16)30-20(34)14-32-11-9-15(10-12-32)13-33-19-8-4-3-7-18(19)31-21(33)23(27,28)29;3-1(4)2(5)6/h1-8,15H,9-14H2,(H,30,34);(H,3,4)(H,5,6). The molecule has 0 radical (unpaired) electrons. The minimum absolute atomic E-state index is 0.0519. The number of hydrogen-bond acceptors (Lipinski definition) is 5. The average Bonchev–Trinajstić information content (AvgIpc) is 3.24. The van der Waals surface area contributed by atoms with Gasteiger partial charge in [-0.25, -0.2) is 14.6 Å². The topological polar surface area (TPSA) is 125 Å². The molecule has 0 saturated carbocycles. The predicted octanol–water partition coefficient (Wildman–Crippen LogP) is 4.58. The van der Waals surface area contributed by atoms with E-state index in [9.17, 15) is 31.1 Å². The van der Waals surface area contributed by atoms with Gasteiger partial charge in [0.25, 0.3) is 0 Å². The van der Waals surface area contributed by atoms with Gasteiger partial charge in [0, 0.05) is 6.54 Å². The van der Waals surface area contributed by atoms with Crippen molar-refractivity contribution in [2.24, 2.45) is 5.92 Å². The fraction of sp³-hybridized carbons (Fsp3) is 0.360. The number of benzene rings is 2. The largest absolute Gasteiger partial charge is 0.473 e. The average molecular weight is 574 g/mol. The van der Waals surface area contributed by atoms with Crippen molar-refractivity contribution >= 4 is 34.6 Å². The zero-order valence-corrected chi connectivity index (χ0v) is 20.7. The van der Waals surface area contributed by atoms with Crippen molar-refractivity contribution in [1.29, 1.82) is 0 Å². The Balaban J connectivity index is 0.000000663. The number of carboxylic acid groups (broad SMARTS) is 2. The molecule has 3 aromatic rings. The minimum atomic E-state index is -4.59. The van der Waals surface area contributed by atoms with E-state index in [2.05, 4.69) is 10.3 Å². The fourth-order valence-corrected chi connectivity index (χ4v) is 4.29. The fourth-order valence-electron chi connectivity index (χ4n) is 4.29. The van der Waals surface area contributed by atoms with E-state index in [0.29, 0.717) is 31.4 Å². The van der Waals surface area contributed by atoms with Crippen molar-refractivity contribution in [1.82, 2.24) is 14.5 Å². The molecule has 1 saturated heterocycles. The van der Waals surface area contributed by atoms with E-state index in [4.69, 9.17) is 19.8 Å². The molecule has 1 amide bonds. The van der Waals surface area contributed by atoms with Gasteiger partial charge in [-0.15, -0.1) is 0 Å². The van der Waals surface area contributed by atoms with Crippen LogP contribution in [0.4, 0.5) is 32.0 Å². The van der Waals surface area contributed by atoms with Crippen molar-refractivity contribution in [3.63, 3.8) is 0 Å². The Bertz CT molecular complexity index is 1350. The van der Waals surface area contributed by atoms with Crippen molar-refractivity contribution in [3.8, 4) is 0 Å². The van der Waals surface area contributed by atoms with Crippen LogP contribution in [0.5, 0.6) is 0 Å². The predicted molar refractivity (Wildman–Crippen MR) is 129 cm³/mol. The first-order valence-electron chi connectivity index (χ1n) is 11.8. The molecule has 216 valence electrons. The van der Waals surface area contributed by atoms with Gasteiger partial charge in [-0.3, -0.25) is 9.69 Å². The molecule has 0 bridgehead atoms. The molecule has 40 heavy (non-hydrogen) atoms. The molecule has 1 fully saturated rings. The van der Waals surface area contributed by atoms with Crippen molar-refractivity contribution in [3.05, 3.63) is 59.9 Å². The lowest BCUT2D eigenvalue weighted by atomic mass is 9.96. The Morgan fingerprint density at radius 1 is 0.875 bits per heavy atom. The first-order chi connectivity index (χ1) is 18.7. The van der Waals surface area contributed by atoms with Gasteiger partial charge in [0.15, 0.2) is 0 Å². The zero-order chi connectivity index (χ0) is 29.7. The summed E-state index contributed by atoms with van der Waals surface area (Å²) >= 11 is 0. The van der Waals surface area contributed by atoms with Crippen molar-refractivity contribution in [2.45, 2.75) is 31.7 Å². The van der Waals surface area contributed by atoms with Crippen LogP contribution in [-0.2, 0) is 33.3 Å². The van der Waals surface area contributed by atoms with Crippen molar-refractivity contribution in [2.75, 3.05) is 25.0 Å². The number of carbonyl (C=O) groups excluding carboxylic acids is 1. The second kappa shape index (κ2) is 12.4. The van der Waals surface area contributed by atoms with Crippen LogP contribution in [0.25, 0.3) is 11.0 Å². The lowest BCUT2D eigenvalue weighted by molar-refractivity contribution is -0.159. The third kappa shape index (κ3) is 7.94. The number of carboxylic acids is 2. The Hall–Kier alpha value is -4.14. The monoisotopic (exact) mass is 574 g/mol. The van der Waals surface area contributed by atoms with Gasteiger partial charge in [0.05, 0.1) is 28.8 Å². The summed E-state index contributed by atoms with van der Waals surface area (Å²) in [6, 6.07) is 11.2.